The fraction of sp³-hybridized carbons (Fsp3) is 0.667. The fourth-order valence-electron chi connectivity index (χ4n) is 3.35. The zero-order valence-corrected chi connectivity index (χ0v) is 13.5. The van der Waals surface area contributed by atoms with Gasteiger partial charge in [0, 0.05) is 19.7 Å². The minimum absolute atomic E-state index is 0.0768. The van der Waals surface area contributed by atoms with Gasteiger partial charge in [0.1, 0.15) is 11.9 Å². The van der Waals surface area contributed by atoms with Gasteiger partial charge in [-0.25, -0.2) is 8.78 Å². The number of fused-ring (bicyclic) bond motifs is 1. The molecule has 7 nitrogen and oxygen atoms in total. The van der Waals surface area contributed by atoms with Crippen LogP contribution in [0.3, 0.4) is 0 Å². The van der Waals surface area contributed by atoms with Crippen molar-refractivity contribution >= 4 is 11.5 Å². The molecule has 0 spiro atoms. The Balaban J connectivity index is 1.69. The van der Waals surface area contributed by atoms with Crippen molar-refractivity contribution in [2.75, 3.05) is 31.1 Å². The lowest BCUT2D eigenvalue weighted by atomic mass is 9.86. The monoisotopic (exact) mass is 338 g/mol. The third-order valence-electron chi connectivity index (χ3n) is 5.08. The second-order valence-corrected chi connectivity index (χ2v) is 6.85. The number of nitrogens with two attached hydrogens (primary N) is 1. The van der Waals surface area contributed by atoms with E-state index in [-0.39, 0.29) is 19.2 Å². The van der Waals surface area contributed by atoms with Gasteiger partial charge in [-0.3, -0.25) is 0 Å². The van der Waals surface area contributed by atoms with Gasteiger partial charge in [-0.05, 0) is 25.0 Å². The van der Waals surface area contributed by atoms with Crippen molar-refractivity contribution in [2.45, 2.75) is 31.8 Å². The van der Waals surface area contributed by atoms with Crippen LogP contribution < -0.4 is 10.6 Å². The van der Waals surface area contributed by atoms with E-state index < -0.39 is 17.9 Å². The lowest BCUT2D eigenvalue weighted by Gasteiger charge is -2.27. The van der Waals surface area contributed by atoms with Crippen molar-refractivity contribution < 1.29 is 13.5 Å². The van der Waals surface area contributed by atoms with Crippen molar-refractivity contribution in [1.29, 1.82) is 0 Å². The number of hydrogen-bond donors (Lipinski definition) is 1. The summed E-state index contributed by atoms with van der Waals surface area (Å²) in [5.41, 5.74) is 4.92. The van der Waals surface area contributed by atoms with Gasteiger partial charge in [-0.1, -0.05) is 6.92 Å². The van der Waals surface area contributed by atoms with Crippen molar-refractivity contribution in [3.63, 3.8) is 0 Å². The summed E-state index contributed by atoms with van der Waals surface area (Å²) in [5, 5.41) is 12.7. The first-order valence-corrected chi connectivity index (χ1v) is 8.10. The molecular formula is C15H20F2N6O. The lowest BCUT2D eigenvalue weighted by molar-refractivity contribution is -0.0688. The maximum atomic E-state index is 14.3. The average molecular weight is 338 g/mol. The molecule has 0 aromatic carbocycles. The number of alkyl halides is 2. The minimum Gasteiger partial charge on any atom is -0.370 e. The standard InChI is InChI=1S/C15H20F2N6O/c1-14(7-18)8-22(9-15(14,16)17)12-5-4-11-19-20-13(23(11)21-12)10-3-2-6-24-10/h4-5,10H,2-3,6-9,18H2,1H3. The maximum Gasteiger partial charge on any atom is 0.273 e. The Morgan fingerprint density at radius 2 is 2.17 bits per heavy atom. The third kappa shape index (κ3) is 2.26. The predicted octanol–water partition coefficient (Wildman–Crippen LogP) is 1.40. The molecule has 0 bridgehead atoms. The summed E-state index contributed by atoms with van der Waals surface area (Å²) in [4.78, 5) is 1.57. The van der Waals surface area contributed by atoms with E-state index in [1.165, 1.54) is 6.92 Å². The number of aromatic nitrogens is 4. The molecule has 2 atom stereocenters. The molecule has 2 fully saturated rings. The van der Waals surface area contributed by atoms with Gasteiger partial charge < -0.3 is 15.4 Å². The van der Waals surface area contributed by atoms with E-state index in [1.807, 2.05) is 0 Å². The molecule has 0 aliphatic carbocycles. The summed E-state index contributed by atoms with van der Waals surface area (Å²) in [6, 6.07) is 3.44. The fourth-order valence-corrected chi connectivity index (χ4v) is 3.35. The number of ether oxygens (including phenoxy) is 1. The zero-order chi connectivity index (χ0) is 16.9. The molecule has 2 unspecified atom stereocenters. The molecule has 0 radical (unpaired) electrons. The summed E-state index contributed by atoms with van der Waals surface area (Å²) in [6.07, 6.45) is 1.68. The Morgan fingerprint density at radius 3 is 2.83 bits per heavy atom. The number of hydrogen-bond acceptors (Lipinski definition) is 6. The second-order valence-electron chi connectivity index (χ2n) is 6.85. The normalized spacial score (nSPS) is 29.7. The Hall–Kier alpha value is -1.87. The van der Waals surface area contributed by atoms with E-state index in [0.29, 0.717) is 23.9 Å². The molecular weight excluding hydrogens is 318 g/mol. The van der Waals surface area contributed by atoms with Crippen molar-refractivity contribution in [3.05, 3.63) is 18.0 Å². The summed E-state index contributed by atoms with van der Waals surface area (Å²) in [6.45, 7) is 1.89. The smallest absolute Gasteiger partial charge is 0.273 e. The Labute approximate surface area is 137 Å². The summed E-state index contributed by atoms with van der Waals surface area (Å²) in [5.74, 6) is -1.77. The van der Waals surface area contributed by atoms with Gasteiger partial charge in [-0.2, -0.15) is 4.52 Å². The molecule has 130 valence electrons. The lowest BCUT2D eigenvalue weighted by Crippen LogP contribution is -2.43. The highest BCUT2D eigenvalue weighted by Crippen LogP contribution is 2.43. The van der Waals surface area contributed by atoms with Gasteiger partial charge in [0.25, 0.3) is 5.92 Å². The number of halogens is 2. The summed E-state index contributed by atoms with van der Waals surface area (Å²) < 4.78 is 35.9. The van der Waals surface area contributed by atoms with Crippen LogP contribution in [-0.2, 0) is 4.74 Å². The third-order valence-corrected chi connectivity index (χ3v) is 5.08. The molecule has 2 saturated heterocycles. The van der Waals surface area contributed by atoms with Crippen LogP contribution in [0.15, 0.2) is 12.1 Å². The first kappa shape index (κ1) is 15.6. The SMILES string of the molecule is CC1(CN)CN(c2ccc3nnc(C4CCCO4)n3n2)CC1(F)F. The molecule has 2 N–H and O–H groups in total. The molecule has 9 heteroatoms. The van der Waals surface area contributed by atoms with Crippen molar-refractivity contribution in [2.24, 2.45) is 11.1 Å². The van der Waals surface area contributed by atoms with Gasteiger partial charge in [0.15, 0.2) is 11.5 Å². The van der Waals surface area contributed by atoms with E-state index in [9.17, 15) is 8.78 Å². The van der Waals surface area contributed by atoms with E-state index in [4.69, 9.17) is 10.5 Å². The van der Waals surface area contributed by atoms with Crippen LogP contribution in [0.2, 0.25) is 0 Å². The average Bonchev–Trinajstić information content (AvgIpc) is 3.25. The van der Waals surface area contributed by atoms with Gasteiger partial charge in [0.2, 0.25) is 0 Å². The summed E-state index contributed by atoms with van der Waals surface area (Å²) in [7, 11) is 0. The van der Waals surface area contributed by atoms with Crippen LogP contribution in [0.4, 0.5) is 14.6 Å². The van der Waals surface area contributed by atoms with E-state index >= 15 is 0 Å². The molecule has 2 aromatic heterocycles. The number of nitrogens with zero attached hydrogens (tertiary/aromatic N) is 5. The summed E-state index contributed by atoms with van der Waals surface area (Å²) >= 11 is 0. The Bertz CT molecular complexity index is 760. The quantitative estimate of drug-likeness (QED) is 0.911. The van der Waals surface area contributed by atoms with Crippen LogP contribution in [0.25, 0.3) is 5.65 Å². The van der Waals surface area contributed by atoms with Gasteiger partial charge >= 0.3 is 0 Å². The van der Waals surface area contributed by atoms with E-state index in [1.54, 1.807) is 21.5 Å². The molecule has 24 heavy (non-hydrogen) atoms. The van der Waals surface area contributed by atoms with Crippen LogP contribution in [0.5, 0.6) is 0 Å². The predicted molar refractivity (Wildman–Crippen MR) is 83.0 cm³/mol. The van der Waals surface area contributed by atoms with Crippen LogP contribution in [0.1, 0.15) is 31.7 Å². The largest absolute Gasteiger partial charge is 0.370 e. The molecule has 0 amide bonds. The first-order chi connectivity index (χ1) is 11.4. The topological polar surface area (TPSA) is 81.6 Å². The maximum absolute atomic E-state index is 14.3. The molecule has 4 rings (SSSR count). The molecule has 2 aromatic rings. The highest BCUT2D eigenvalue weighted by Gasteiger charge is 2.56. The Morgan fingerprint density at radius 1 is 1.33 bits per heavy atom. The van der Waals surface area contributed by atoms with E-state index in [2.05, 4.69) is 15.3 Å². The van der Waals surface area contributed by atoms with Crippen molar-refractivity contribution in [1.82, 2.24) is 19.8 Å². The van der Waals surface area contributed by atoms with Crippen molar-refractivity contribution in [3.8, 4) is 0 Å². The zero-order valence-electron chi connectivity index (χ0n) is 13.5. The molecule has 2 aliphatic rings. The minimum atomic E-state index is -2.86. The highest BCUT2D eigenvalue weighted by atomic mass is 19.3. The number of rotatable bonds is 3. The first-order valence-electron chi connectivity index (χ1n) is 8.10. The van der Waals surface area contributed by atoms with Crippen LogP contribution >= 0.6 is 0 Å². The Kier molecular flexibility index (Phi) is 3.47. The van der Waals surface area contributed by atoms with E-state index in [0.717, 1.165) is 12.8 Å². The second kappa shape index (κ2) is 5.32. The molecule has 0 saturated carbocycles. The molecule has 4 heterocycles. The highest BCUT2D eigenvalue weighted by molar-refractivity contribution is 5.47. The van der Waals surface area contributed by atoms with Gasteiger partial charge in [-0.15, -0.1) is 15.3 Å². The van der Waals surface area contributed by atoms with Crippen LogP contribution in [-0.4, -0.2) is 52.0 Å². The van der Waals surface area contributed by atoms with Gasteiger partial charge in [0.05, 0.1) is 12.0 Å². The van der Waals surface area contributed by atoms with Crippen LogP contribution in [0, 0.1) is 5.41 Å². The molecule has 2 aliphatic heterocycles. The number of anilines is 1.